The third-order valence-corrected chi connectivity index (χ3v) is 3.31. The van der Waals surface area contributed by atoms with Crippen molar-refractivity contribution >= 4 is 11.6 Å². The van der Waals surface area contributed by atoms with Crippen molar-refractivity contribution < 1.29 is 9.53 Å². The first kappa shape index (κ1) is 15.1. The van der Waals surface area contributed by atoms with Crippen LogP contribution in [0.2, 0.25) is 0 Å². The van der Waals surface area contributed by atoms with Crippen molar-refractivity contribution in [2.24, 2.45) is 0 Å². The highest BCUT2D eigenvalue weighted by Gasteiger charge is 2.10. The Kier molecular flexibility index (Phi) is 4.95. The average Bonchev–Trinajstić information content (AvgIpc) is 2.49. The minimum absolute atomic E-state index is 0.164. The molecule has 21 heavy (non-hydrogen) atoms. The molecule has 0 atom stereocenters. The number of carbonyl (C=O) groups is 1. The first-order valence-corrected chi connectivity index (χ1v) is 6.82. The number of aryl methyl sites for hydroxylation is 1. The van der Waals surface area contributed by atoms with Crippen LogP contribution in [0.25, 0.3) is 0 Å². The Bertz CT molecular complexity index is 638. The number of nitrogens with two attached hydrogens (primary N) is 1. The molecule has 110 valence electrons. The summed E-state index contributed by atoms with van der Waals surface area (Å²) < 4.78 is 5.16. The van der Waals surface area contributed by atoms with Crippen LogP contribution in [0.1, 0.15) is 27.0 Å². The number of anilines is 1. The molecule has 0 unspecified atom stereocenters. The SMILES string of the molecule is COCc1ccccc1CNC(=O)c1cc(C)ccc1N. The number of hydrogen-bond donors (Lipinski definition) is 2. The van der Waals surface area contributed by atoms with Gasteiger partial charge in [-0.1, -0.05) is 35.9 Å². The second-order valence-electron chi connectivity index (χ2n) is 4.98. The van der Waals surface area contributed by atoms with Gasteiger partial charge in [-0.3, -0.25) is 4.79 Å². The molecule has 2 aromatic carbocycles. The van der Waals surface area contributed by atoms with Gasteiger partial charge in [0.25, 0.3) is 5.91 Å². The van der Waals surface area contributed by atoms with Gasteiger partial charge in [-0.15, -0.1) is 0 Å². The summed E-state index contributed by atoms with van der Waals surface area (Å²) in [6.07, 6.45) is 0. The quantitative estimate of drug-likeness (QED) is 0.830. The molecule has 0 heterocycles. The van der Waals surface area contributed by atoms with E-state index in [4.69, 9.17) is 10.5 Å². The Balaban J connectivity index is 2.09. The predicted octanol–water partition coefficient (Wildman–Crippen LogP) is 2.65. The number of hydrogen-bond acceptors (Lipinski definition) is 3. The molecule has 0 saturated heterocycles. The number of methoxy groups -OCH3 is 1. The maximum atomic E-state index is 12.2. The second kappa shape index (κ2) is 6.90. The van der Waals surface area contributed by atoms with Crippen LogP contribution < -0.4 is 11.1 Å². The van der Waals surface area contributed by atoms with E-state index in [1.807, 2.05) is 37.3 Å². The smallest absolute Gasteiger partial charge is 0.253 e. The molecule has 4 nitrogen and oxygen atoms in total. The van der Waals surface area contributed by atoms with Gasteiger partial charge < -0.3 is 15.8 Å². The summed E-state index contributed by atoms with van der Waals surface area (Å²) in [5.41, 5.74) is 9.97. The first-order chi connectivity index (χ1) is 10.1. The van der Waals surface area contributed by atoms with E-state index >= 15 is 0 Å². The zero-order valence-electron chi connectivity index (χ0n) is 12.3. The minimum Gasteiger partial charge on any atom is -0.398 e. The standard InChI is InChI=1S/C17H20N2O2/c1-12-7-8-16(18)15(9-12)17(20)19-10-13-5-3-4-6-14(13)11-21-2/h3-9H,10-11,18H2,1-2H3,(H,19,20). The van der Waals surface area contributed by atoms with Crippen LogP contribution in [-0.4, -0.2) is 13.0 Å². The van der Waals surface area contributed by atoms with Crippen LogP contribution in [0, 0.1) is 6.92 Å². The van der Waals surface area contributed by atoms with E-state index in [2.05, 4.69) is 5.32 Å². The minimum atomic E-state index is -0.164. The van der Waals surface area contributed by atoms with Crippen LogP contribution in [-0.2, 0) is 17.9 Å². The van der Waals surface area contributed by atoms with E-state index < -0.39 is 0 Å². The van der Waals surface area contributed by atoms with Crippen LogP contribution in [0.15, 0.2) is 42.5 Å². The molecule has 0 spiro atoms. The molecule has 0 aliphatic carbocycles. The molecule has 0 aromatic heterocycles. The maximum Gasteiger partial charge on any atom is 0.253 e. The van der Waals surface area contributed by atoms with Crippen molar-refractivity contribution in [3.63, 3.8) is 0 Å². The summed E-state index contributed by atoms with van der Waals surface area (Å²) in [6, 6.07) is 13.3. The fourth-order valence-corrected chi connectivity index (χ4v) is 2.16. The summed E-state index contributed by atoms with van der Waals surface area (Å²) in [5, 5.41) is 2.91. The van der Waals surface area contributed by atoms with Gasteiger partial charge in [-0.05, 0) is 30.2 Å². The van der Waals surface area contributed by atoms with Crippen molar-refractivity contribution in [3.05, 3.63) is 64.7 Å². The highest BCUT2D eigenvalue weighted by molar-refractivity contribution is 5.99. The Morgan fingerprint density at radius 1 is 1.19 bits per heavy atom. The van der Waals surface area contributed by atoms with Crippen molar-refractivity contribution in [1.29, 1.82) is 0 Å². The van der Waals surface area contributed by atoms with Crippen LogP contribution in [0.4, 0.5) is 5.69 Å². The number of carbonyl (C=O) groups excluding carboxylic acids is 1. The summed E-state index contributed by atoms with van der Waals surface area (Å²) in [4.78, 5) is 12.2. The molecule has 3 N–H and O–H groups in total. The zero-order chi connectivity index (χ0) is 15.2. The molecule has 4 heteroatoms. The number of rotatable bonds is 5. The molecule has 0 aliphatic rings. The number of ether oxygens (including phenoxy) is 1. The zero-order valence-corrected chi connectivity index (χ0v) is 12.3. The largest absolute Gasteiger partial charge is 0.398 e. The second-order valence-corrected chi connectivity index (χ2v) is 4.98. The lowest BCUT2D eigenvalue weighted by molar-refractivity contribution is 0.0951. The predicted molar refractivity (Wildman–Crippen MR) is 83.9 cm³/mol. The van der Waals surface area contributed by atoms with Gasteiger partial charge in [0.05, 0.1) is 12.2 Å². The van der Waals surface area contributed by atoms with Gasteiger partial charge in [0.1, 0.15) is 0 Å². The Morgan fingerprint density at radius 3 is 2.62 bits per heavy atom. The van der Waals surface area contributed by atoms with Gasteiger partial charge in [0.2, 0.25) is 0 Å². The van der Waals surface area contributed by atoms with E-state index in [1.165, 1.54) is 0 Å². The third-order valence-electron chi connectivity index (χ3n) is 3.31. The van der Waals surface area contributed by atoms with Crippen LogP contribution in [0.5, 0.6) is 0 Å². The van der Waals surface area contributed by atoms with Gasteiger partial charge in [-0.2, -0.15) is 0 Å². The molecule has 2 rings (SSSR count). The normalized spacial score (nSPS) is 10.4. The van der Waals surface area contributed by atoms with E-state index in [0.717, 1.165) is 16.7 Å². The van der Waals surface area contributed by atoms with Crippen molar-refractivity contribution in [3.8, 4) is 0 Å². The molecule has 1 amide bonds. The van der Waals surface area contributed by atoms with E-state index in [-0.39, 0.29) is 5.91 Å². The van der Waals surface area contributed by atoms with Gasteiger partial charge >= 0.3 is 0 Å². The number of nitrogens with one attached hydrogen (secondary N) is 1. The molecule has 0 aliphatic heterocycles. The lowest BCUT2D eigenvalue weighted by Crippen LogP contribution is -2.24. The van der Waals surface area contributed by atoms with Gasteiger partial charge in [0, 0.05) is 19.3 Å². The van der Waals surface area contributed by atoms with E-state index in [9.17, 15) is 4.79 Å². The summed E-state index contributed by atoms with van der Waals surface area (Å²) in [6.45, 7) is 2.91. The monoisotopic (exact) mass is 284 g/mol. The summed E-state index contributed by atoms with van der Waals surface area (Å²) in [5.74, 6) is -0.164. The third kappa shape index (κ3) is 3.83. The van der Waals surface area contributed by atoms with Crippen molar-refractivity contribution in [1.82, 2.24) is 5.32 Å². The number of nitrogen functional groups attached to an aromatic ring is 1. The van der Waals surface area contributed by atoms with E-state index in [0.29, 0.717) is 24.4 Å². The van der Waals surface area contributed by atoms with Crippen LogP contribution in [0.3, 0.4) is 0 Å². The molecule has 0 saturated carbocycles. The van der Waals surface area contributed by atoms with Crippen LogP contribution >= 0.6 is 0 Å². The molecule has 2 aromatic rings. The summed E-state index contributed by atoms with van der Waals surface area (Å²) in [7, 11) is 1.66. The number of benzene rings is 2. The van der Waals surface area contributed by atoms with E-state index in [1.54, 1.807) is 19.2 Å². The first-order valence-electron chi connectivity index (χ1n) is 6.82. The lowest BCUT2D eigenvalue weighted by atomic mass is 10.1. The topological polar surface area (TPSA) is 64.3 Å². The van der Waals surface area contributed by atoms with Crippen molar-refractivity contribution in [2.75, 3.05) is 12.8 Å². The molecule has 0 fully saturated rings. The highest BCUT2D eigenvalue weighted by atomic mass is 16.5. The fraction of sp³-hybridized carbons (Fsp3) is 0.235. The lowest BCUT2D eigenvalue weighted by Gasteiger charge is -2.11. The fourth-order valence-electron chi connectivity index (χ4n) is 2.16. The number of amides is 1. The Labute approximate surface area is 124 Å². The van der Waals surface area contributed by atoms with Gasteiger partial charge in [0.15, 0.2) is 0 Å². The highest BCUT2D eigenvalue weighted by Crippen LogP contribution is 2.14. The maximum absolute atomic E-state index is 12.2. The Hall–Kier alpha value is -2.33. The average molecular weight is 284 g/mol. The summed E-state index contributed by atoms with van der Waals surface area (Å²) >= 11 is 0. The Morgan fingerprint density at radius 2 is 1.90 bits per heavy atom. The van der Waals surface area contributed by atoms with Crippen molar-refractivity contribution in [2.45, 2.75) is 20.1 Å². The molecular weight excluding hydrogens is 264 g/mol. The molecule has 0 bridgehead atoms. The van der Waals surface area contributed by atoms with Gasteiger partial charge in [-0.25, -0.2) is 0 Å². The molecular formula is C17H20N2O2. The molecule has 0 radical (unpaired) electrons.